The van der Waals surface area contributed by atoms with E-state index in [9.17, 15) is 18.0 Å². The van der Waals surface area contributed by atoms with Crippen LogP contribution in [0.25, 0.3) is 16.9 Å². The minimum Gasteiger partial charge on any atom is -0.293 e. The quantitative estimate of drug-likeness (QED) is 0.561. The largest absolute Gasteiger partial charge is 0.417 e. The van der Waals surface area contributed by atoms with Crippen LogP contribution in [-0.4, -0.2) is 14.2 Å². The molecule has 3 aromatic rings. The second-order valence-electron chi connectivity index (χ2n) is 6.89. The van der Waals surface area contributed by atoms with E-state index in [1.54, 1.807) is 6.92 Å². The van der Waals surface area contributed by atoms with E-state index in [2.05, 4.69) is 5.10 Å². The standard InChI is InChI=1S/C20H21ClF3N3O/c1-5-12(6-2)15-9-11(3)27-17(15)19(28)26(4)18(25-27)14-8-7-13(21)10-16(14)20(22,23)24/h7-10,12H,5-6H2,1-4H3. The number of halogens is 4. The van der Waals surface area contributed by atoms with Crippen molar-refractivity contribution in [3.8, 4) is 11.4 Å². The monoisotopic (exact) mass is 411 g/mol. The Morgan fingerprint density at radius 1 is 1.18 bits per heavy atom. The van der Waals surface area contributed by atoms with Crippen LogP contribution in [0.4, 0.5) is 13.2 Å². The van der Waals surface area contributed by atoms with Crippen molar-refractivity contribution in [3.63, 3.8) is 0 Å². The molecular formula is C20H21ClF3N3O. The molecule has 150 valence electrons. The van der Waals surface area contributed by atoms with Crippen LogP contribution in [0.15, 0.2) is 29.1 Å². The maximum absolute atomic E-state index is 13.6. The van der Waals surface area contributed by atoms with E-state index in [-0.39, 0.29) is 27.9 Å². The first-order chi connectivity index (χ1) is 13.1. The maximum atomic E-state index is 13.6. The van der Waals surface area contributed by atoms with Crippen LogP contribution >= 0.6 is 11.6 Å². The molecule has 0 aliphatic heterocycles. The normalized spacial score (nSPS) is 12.3. The molecule has 3 rings (SSSR count). The lowest BCUT2D eigenvalue weighted by molar-refractivity contribution is -0.137. The lowest BCUT2D eigenvalue weighted by atomic mass is 9.95. The van der Waals surface area contributed by atoms with Gasteiger partial charge < -0.3 is 0 Å². The average Bonchev–Trinajstić information content (AvgIpc) is 2.95. The molecule has 0 unspecified atom stereocenters. The summed E-state index contributed by atoms with van der Waals surface area (Å²) in [7, 11) is 1.44. The minimum atomic E-state index is -4.63. The number of aryl methyl sites for hydroxylation is 1. The molecule has 0 spiro atoms. The molecule has 0 radical (unpaired) electrons. The summed E-state index contributed by atoms with van der Waals surface area (Å²) in [5, 5.41) is 4.39. The van der Waals surface area contributed by atoms with Gasteiger partial charge in [-0.05, 0) is 55.5 Å². The number of aromatic nitrogens is 3. The zero-order chi connectivity index (χ0) is 20.8. The lowest BCUT2D eigenvalue weighted by Gasteiger charge is -2.16. The van der Waals surface area contributed by atoms with Gasteiger partial charge in [0, 0.05) is 23.3 Å². The number of rotatable bonds is 4. The van der Waals surface area contributed by atoms with Gasteiger partial charge in [-0.1, -0.05) is 25.4 Å². The molecule has 0 atom stereocenters. The zero-order valence-electron chi connectivity index (χ0n) is 16.1. The van der Waals surface area contributed by atoms with E-state index in [1.165, 1.54) is 28.3 Å². The van der Waals surface area contributed by atoms with Gasteiger partial charge in [-0.2, -0.15) is 13.2 Å². The summed E-state index contributed by atoms with van der Waals surface area (Å²) < 4.78 is 43.3. The summed E-state index contributed by atoms with van der Waals surface area (Å²) in [5.74, 6) is 0.126. The van der Waals surface area contributed by atoms with Crippen LogP contribution in [-0.2, 0) is 13.2 Å². The Balaban J connectivity index is 2.37. The van der Waals surface area contributed by atoms with Crippen LogP contribution in [0.5, 0.6) is 0 Å². The van der Waals surface area contributed by atoms with Crippen LogP contribution < -0.4 is 5.56 Å². The summed E-state index contributed by atoms with van der Waals surface area (Å²) in [6, 6.07) is 5.36. The Hall–Kier alpha value is -2.28. The first kappa shape index (κ1) is 20.5. The number of alkyl halides is 3. The predicted octanol–water partition coefficient (Wildman–Crippen LogP) is 5.58. The smallest absolute Gasteiger partial charge is 0.293 e. The predicted molar refractivity (Wildman–Crippen MR) is 104 cm³/mol. The van der Waals surface area contributed by atoms with Crippen molar-refractivity contribution in [2.45, 2.75) is 45.7 Å². The van der Waals surface area contributed by atoms with Crippen molar-refractivity contribution < 1.29 is 13.2 Å². The van der Waals surface area contributed by atoms with Crippen molar-refractivity contribution in [2.75, 3.05) is 0 Å². The number of benzene rings is 1. The van der Waals surface area contributed by atoms with Crippen LogP contribution in [0.2, 0.25) is 5.02 Å². The highest BCUT2D eigenvalue weighted by Gasteiger charge is 2.35. The molecule has 0 bridgehead atoms. The highest BCUT2D eigenvalue weighted by Crippen LogP contribution is 2.38. The fourth-order valence-corrected chi connectivity index (χ4v) is 3.81. The molecule has 0 amide bonds. The fraction of sp³-hybridized carbons (Fsp3) is 0.400. The van der Waals surface area contributed by atoms with Gasteiger partial charge in [0.1, 0.15) is 5.52 Å². The molecule has 4 nitrogen and oxygen atoms in total. The van der Waals surface area contributed by atoms with Gasteiger partial charge in [0.05, 0.1) is 5.56 Å². The van der Waals surface area contributed by atoms with E-state index in [1.807, 2.05) is 19.9 Å². The summed E-state index contributed by atoms with van der Waals surface area (Å²) in [6.45, 7) is 5.88. The van der Waals surface area contributed by atoms with E-state index in [0.717, 1.165) is 24.5 Å². The van der Waals surface area contributed by atoms with Gasteiger partial charge in [0.15, 0.2) is 5.82 Å². The summed E-state index contributed by atoms with van der Waals surface area (Å²) in [6.07, 6.45) is -2.91. The SMILES string of the molecule is CCC(CC)c1cc(C)n2nc(-c3ccc(Cl)cc3C(F)(F)F)n(C)c(=O)c12. The van der Waals surface area contributed by atoms with Crippen LogP contribution in [0, 0.1) is 6.92 Å². The van der Waals surface area contributed by atoms with Crippen molar-refractivity contribution in [1.29, 1.82) is 0 Å². The number of hydrogen-bond acceptors (Lipinski definition) is 2. The molecular weight excluding hydrogens is 391 g/mol. The van der Waals surface area contributed by atoms with E-state index < -0.39 is 11.7 Å². The Bertz CT molecular complexity index is 1090. The molecule has 2 heterocycles. The van der Waals surface area contributed by atoms with Gasteiger partial charge in [-0.15, -0.1) is 5.10 Å². The molecule has 8 heteroatoms. The van der Waals surface area contributed by atoms with Gasteiger partial charge in [0.25, 0.3) is 5.56 Å². The molecule has 2 aromatic heterocycles. The second-order valence-corrected chi connectivity index (χ2v) is 7.33. The van der Waals surface area contributed by atoms with E-state index in [0.29, 0.717) is 11.2 Å². The van der Waals surface area contributed by atoms with E-state index in [4.69, 9.17) is 11.6 Å². The third-order valence-corrected chi connectivity index (χ3v) is 5.39. The summed E-state index contributed by atoms with van der Waals surface area (Å²) in [4.78, 5) is 13.1. The van der Waals surface area contributed by atoms with E-state index >= 15 is 0 Å². The lowest BCUT2D eigenvalue weighted by Crippen LogP contribution is -2.25. The van der Waals surface area contributed by atoms with Crippen molar-refractivity contribution >= 4 is 17.1 Å². The average molecular weight is 412 g/mol. The minimum absolute atomic E-state index is 0.0321. The number of hydrogen-bond donors (Lipinski definition) is 0. The third-order valence-electron chi connectivity index (χ3n) is 5.16. The van der Waals surface area contributed by atoms with Gasteiger partial charge in [-0.3, -0.25) is 9.36 Å². The van der Waals surface area contributed by atoms with Gasteiger partial charge in [0.2, 0.25) is 0 Å². The third kappa shape index (κ3) is 3.32. The Morgan fingerprint density at radius 2 is 1.82 bits per heavy atom. The maximum Gasteiger partial charge on any atom is 0.417 e. The van der Waals surface area contributed by atoms with Crippen molar-refractivity contribution in [1.82, 2.24) is 14.2 Å². The zero-order valence-corrected chi connectivity index (χ0v) is 16.8. The second kappa shape index (κ2) is 7.28. The highest BCUT2D eigenvalue weighted by molar-refractivity contribution is 6.30. The molecule has 0 aliphatic rings. The Morgan fingerprint density at radius 3 is 2.39 bits per heavy atom. The van der Waals surface area contributed by atoms with Gasteiger partial charge >= 0.3 is 6.18 Å². The summed E-state index contributed by atoms with van der Waals surface area (Å²) >= 11 is 5.78. The molecule has 0 fully saturated rings. The van der Waals surface area contributed by atoms with Gasteiger partial charge in [-0.25, -0.2) is 4.52 Å². The first-order valence-electron chi connectivity index (χ1n) is 9.06. The number of fused-ring (bicyclic) bond motifs is 1. The molecule has 0 saturated carbocycles. The molecule has 0 saturated heterocycles. The highest BCUT2D eigenvalue weighted by atomic mass is 35.5. The number of nitrogens with zero attached hydrogens (tertiary/aromatic N) is 3. The topological polar surface area (TPSA) is 39.3 Å². The first-order valence-corrected chi connectivity index (χ1v) is 9.44. The molecule has 28 heavy (non-hydrogen) atoms. The molecule has 0 aliphatic carbocycles. The van der Waals surface area contributed by atoms with Crippen LogP contribution in [0.3, 0.4) is 0 Å². The van der Waals surface area contributed by atoms with Crippen LogP contribution in [0.1, 0.15) is 49.4 Å². The molecule has 0 N–H and O–H groups in total. The van der Waals surface area contributed by atoms with Crippen molar-refractivity contribution in [2.24, 2.45) is 7.05 Å². The Kier molecular flexibility index (Phi) is 5.32. The molecule has 1 aromatic carbocycles. The summed E-state index contributed by atoms with van der Waals surface area (Å²) in [5.41, 5.74) is 0.526. The Labute approximate surface area is 165 Å². The fourth-order valence-electron chi connectivity index (χ4n) is 3.63. The van der Waals surface area contributed by atoms with Crippen molar-refractivity contribution in [3.05, 3.63) is 56.5 Å².